The minimum Gasteiger partial charge on any atom is -0.492 e. The number of nitro benzene ring substituents is 1. The summed E-state index contributed by atoms with van der Waals surface area (Å²) in [5.41, 5.74) is 3.54. The number of carbonyl (C=O) groups excluding carboxylic acids is 1. The molecule has 2 fully saturated rings. The summed E-state index contributed by atoms with van der Waals surface area (Å²) in [6, 6.07) is 16.9. The van der Waals surface area contributed by atoms with Crippen LogP contribution in [0.1, 0.15) is 67.6 Å². The maximum absolute atomic E-state index is 14.5. The van der Waals surface area contributed by atoms with Crippen LogP contribution in [0.2, 0.25) is 0 Å². The van der Waals surface area contributed by atoms with E-state index in [1.165, 1.54) is 24.3 Å². The highest BCUT2D eigenvalue weighted by atomic mass is 35.5. The number of aliphatic hydroxyl groups excluding tert-OH is 2. The lowest BCUT2D eigenvalue weighted by Gasteiger charge is -2.59. The van der Waals surface area contributed by atoms with E-state index in [1.54, 1.807) is 35.2 Å². The number of allylic oxidation sites excluding steroid dienone is 1. The lowest BCUT2D eigenvalue weighted by atomic mass is 9.55. The number of nitrogens with zero attached hydrogens (tertiary/aromatic N) is 4. The molecule has 64 heavy (non-hydrogen) atoms. The zero-order chi connectivity index (χ0) is 45.1. The van der Waals surface area contributed by atoms with Gasteiger partial charge in [-0.1, -0.05) is 42.3 Å². The van der Waals surface area contributed by atoms with Crippen molar-refractivity contribution in [3.8, 4) is 11.5 Å². The van der Waals surface area contributed by atoms with Crippen molar-refractivity contribution in [3.05, 3.63) is 124 Å². The van der Waals surface area contributed by atoms with Gasteiger partial charge in [-0.25, -0.2) is 9.18 Å². The molecule has 1 saturated carbocycles. The van der Waals surface area contributed by atoms with E-state index in [0.717, 1.165) is 56.5 Å². The number of non-ortho nitro benzene ring substituents is 1. The summed E-state index contributed by atoms with van der Waals surface area (Å²) < 4.78 is 40.8. The van der Waals surface area contributed by atoms with E-state index in [4.69, 9.17) is 40.5 Å². The summed E-state index contributed by atoms with van der Waals surface area (Å²) in [7, 11) is 0. The van der Waals surface area contributed by atoms with Gasteiger partial charge in [-0.15, -0.1) is 18.2 Å². The normalized spacial score (nSPS) is 23.8. The summed E-state index contributed by atoms with van der Waals surface area (Å²) in [6.07, 6.45) is 7.54. The monoisotopic (exact) mass is 904 g/mol. The number of oxime groups is 1. The third-order valence-corrected chi connectivity index (χ3v) is 12.7. The van der Waals surface area contributed by atoms with Gasteiger partial charge in [-0.05, 0) is 96.7 Å². The van der Waals surface area contributed by atoms with Crippen molar-refractivity contribution in [1.82, 2.24) is 9.80 Å². The van der Waals surface area contributed by atoms with Crippen LogP contribution in [0.5, 0.6) is 11.5 Å². The molecule has 14 nitrogen and oxygen atoms in total. The third kappa shape index (κ3) is 11.1. The van der Waals surface area contributed by atoms with Crippen LogP contribution in [0.15, 0.2) is 96.2 Å². The number of aliphatic hydroxyl groups is 2. The number of hydrogen-bond donors (Lipinski definition) is 2. The molecular weight excluding hydrogens is 847 g/mol. The third-order valence-electron chi connectivity index (χ3n) is 12.6. The fraction of sp³-hybridized carbons (Fsp3) is 0.500. The second-order valence-corrected chi connectivity index (χ2v) is 17.1. The summed E-state index contributed by atoms with van der Waals surface area (Å²) in [5, 5.41) is 36.1. The smallest absolute Gasteiger partial charge is 0.410 e. The average Bonchev–Trinajstić information content (AvgIpc) is 4.13. The van der Waals surface area contributed by atoms with Crippen LogP contribution < -0.4 is 9.47 Å². The van der Waals surface area contributed by atoms with E-state index in [0.29, 0.717) is 47.8 Å². The lowest BCUT2D eigenvalue weighted by Crippen LogP contribution is -2.70. The zero-order valence-corrected chi connectivity index (χ0v) is 36.8. The molecule has 0 radical (unpaired) electrons. The van der Waals surface area contributed by atoms with Crippen molar-refractivity contribution in [2.75, 3.05) is 58.5 Å². The van der Waals surface area contributed by atoms with Crippen LogP contribution in [0.25, 0.3) is 0 Å². The standard InChI is InChI=1S/C48H58ClFN4O10/c1-2-25-62-48-44(53(47(57)61-26-19-49)31-33-9-13-36(50)14-10-33)30-42(51-63-32-34-11-15-37(16-12-34)54(58)59)40-28-35(7-3-5-23-55)39(8-4-6-24-56)45(46(40)48)41-29-38(17-18-43(41)64-48)60-27-22-52-20-21-52/h2,9-18,28-29,35,39,44-46,55-56H,1,3-8,19-27,30-32H2. The molecule has 3 aromatic rings. The Balaban J connectivity index is 1.41. The van der Waals surface area contributed by atoms with Gasteiger partial charge in [0, 0.05) is 69.4 Å². The number of rotatable bonds is 24. The Morgan fingerprint density at radius 2 is 1.77 bits per heavy atom. The highest BCUT2D eigenvalue weighted by Gasteiger charge is 2.65. The first kappa shape index (κ1) is 46.9. The molecular formula is C48H58ClFN4O10. The Bertz CT molecular complexity index is 2120. The molecule has 0 aromatic heterocycles. The van der Waals surface area contributed by atoms with Crippen LogP contribution >= 0.6 is 11.6 Å². The average molecular weight is 905 g/mol. The number of nitro groups is 1. The Morgan fingerprint density at radius 3 is 2.45 bits per heavy atom. The van der Waals surface area contributed by atoms with E-state index in [9.17, 15) is 29.5 Å². The predicted octanol–water partition coefficient (Wildman–Crippen LogP) is 8.14. The molecule has 0 spiro atoms. The Labute approximate surface area is 378 Å². The number of ether oxygens (including phenoxy) is 4. The van der Waals surface area contributed by atoms with Crippen LogP contribution in [0, 0.1) is 33.7 Å². The number of hydrogen-bond acceptors (Lipinski definition) is 12. The van der Waals surface area contributed by atoms with E-state index < -0.39 is 34.6 Å². The van der Waals surface area contributed by atoms with E-state index >= 15 is 0 Å². The first-order valence-electron chi connectivity index (χ1n) is 22.2. The molecule has 2 aliphatic carbocycles. The zero-order valence-electron chi connectivity index (χ0n) is 36.0. The highest BCUT2D eigenvalue weighted by Crippen LogP contribution is 2.62. The number of fused-ring (bicyclic) bond motifs is 2. The van der Waals surface area contributed by atoms with Crippen molar-refractivity contribution in [2.45, 2.75) is 75.8 Å². The largest absolute Gasteiger partial charge is 0.492 e. The fourth-order valence-electron chi connectivity index (χ4n) is 9.52. The molecule has 2 heterocycles. The second kappa shape index (κ2) is 22.2. The summed E-state index contributed by atoms with van der Waals surface area (Å²) >= 11 is 6.07. The molecule has 344 valence electrons. The number of unbranched alkanes of at least 4 members (excludes halogenated alkanes) is 2. The number of amides is 1. The Hall–Kier alpha value is -5.06. The molecule has 16 heteroatoms. The lowest BCUT2D eigenvalue weighted by molar-refractivity contribution is -0.384. The van der Waals surface area contributed by atoms with Gasteiger partial charge in [0.2, 0.25) is 5.79 Å². The molecule has 3 aromatic carbocycles. The fourth-order valence-corrected chi connectivity index (χ4v) is 9.60. The molecule has 0 bridgehead atoms. The van der Waals surface area contributed by atoms with Crippen LogP contribution in [-0.2, 0) is 27.5 Å². The van der Waals surface area contributed by atoms with Crippen LogP contribution in [0.3, 0.4) is 0 Å². The summed E-state index contributed by atoms with van der Waals surface area (Å²) in [6.45, 7) is 7.52. The van der Waals surface area contributed by atoms with E-state index in [-0.39, 0.29) is 75.3 Å². The Morgan fingerprint density at radius 1 is 1.03 bits per heavy atom. The molecule has 7 rings (SSSR count). The highest BCUT2D eigenvalue weighted by molar-refractivity contribution is 6.18. The van der Waals surface area contributed by atoms with Crippen LogP contribution in [0.4, 0.5) is 14.9 Å². The minimum atomic E-state index is -1.57. The molecule has 6 unspecified atom stereocenters. The minimum absolute atomic E-state index is 0.00258. The van der Waals surface area contributed by atoms with Crippen molar-refractivity contribution in [3.63, 3.8) is 0 Å². The SMILES string of the molecule is C=CCOC12Oc3ccc(OCCN4CC4)cc3C3C(CCCCO)C(CCCCO)C=C(C(=NOCc4ccc([N+](=O)[O-])cc4)CC1N(Cc1ccc(F)cc1)C(=O)OCCCl)C32. The number of alkyl halides is 1. The second-order valence-electron chi connectivity index (χ2n) is 16.7. The van der Waals surface area contributed by atoms with Gasteiger partial charge >= 0.3 is 6.09 Å². The Kier molecular flexibility index (Phi) is 16.3. The van der Waals surface area contributed by atoms with Crippen molar-refractivity contribution < 1.29 is 48.1 Å². The molecule has 1 amide bonds. The topological polar surface area (TPSA) is 165 Å². The van der Waals surface area contributed by atoms with Gasteiger partial charge in [0.15, 0.2) is 0 Å². The van der Waals surface area contributed by atoms with Crippen molar-refractivity contribution >= 4 is 29.1 Å². The van der Waals surface area contributed by atoms with Crippen LogP contribution in [-0.4, -0.2) is 107 Å². The predicted molar refractivity (Wildman–Crippen MR) is 239 cm³/mol. The van der Waals surface area contributed by atoms with E-state index in [2.05, 4.69) is 23.6 Å². The van der Waals surface area contributed by atoms with Crippen molar-refractivity contribution in [2.24, 2.45) is 22.9 Å². The van der Waals surface area contributed by atoms with Crippen molar-refractivity contribution in [1.29, 1.82) is 0 Å². The van der Waals surface area contributed by atoms with Gasteiger partial charge in [0.05, 0.1) is 29.0 Å². The first-order chi connectivity index (χ1) is 31.2. The van der Waals surface area contributed by atoms with Gasteiger partial charge < -0.3 is 34.0 Å². The van der Waals surface area contributed by atoms with Gasteiger partial charge in [-0.3, -0.25) is 19.9 Å². The molecule has 4 aliphatic rings. The molecule has 2 aliphatic heterocycles. The number of halogens is 2. The van der Waals surface area contributed by atoms with E-state index in [1.807, 2.05) is 12.1 Å². The maximum Gasteiger partial charge on any atom is 0.410 e. The van der Waals surface area contributed by atoms with Gasteiger partial charge in [0.1, 0.15) is 43.2 Å². The summed E-state index contributed by atoms with van der Waals surface area (Å²) in [5.74, 6) is -1.59. The molecule has 2 N–H and O–H groups in total. The number of carbonyl (C=O) groups is 1. The maximum atomic E-state index is 14.5. The molecule has 1 saturated heterocycles. The summed E-state index contributed by atoms with van der Waals surface area (Å²) in [4.78, 5) is 35.4. The first-order valence-corrected chi connectivity index (χ1v) is 22.8. The van der Waals surface area contributed by atoms with Gasteiger partial charge in [0.25, 0.3) is 5.69 Å². The quantitative estimate of drug-likeness (QED) is 0.0223. The van der Waals surface area contributed by atoms with Gasteiger partial charge in [-0.2, -0.15) is 0 Å². The molecule has 6 atom stereocenters. The number of benzene rings is 3.